The van der Waals surface area contributed by atoms with Crippen molar-refractivity contribution in [1.29, 1.82) is 5.26 Å². The Bertz CT molecular complexity index is 835. The zero-order valence-electron chi connectivity index (χ0n) is 15.0. The Balaban J connectivity index is 2.01. The SMILES string of the molecule is CN=C(NCc1cccc(C#N)c1)NCc1cc(OC)ccc1OC(F)F. The molecular weight excluding hydrogens is 354 g/mol. The van der Waals surface area contributed by atoms with Crippen LogP contribution >= 0.6 is 0 Å². The monoisotopic (exact) mass is 374 g/mol. The van der Waals surface area contributed by atoms with Gasteiger partial charge in [0.05, 0.1) is 18.7 Å². The van der Waals surface area contributed by atoms with E-state index in [1.807, 2.05) is 6.07 Å². The number of rotatable bonds is 7. The molecule has 6 nitrogen and oxygen atoms in total. The van der Waals surface area contributed by atoms with Gasteiger partial charge in [0.15, 0.2) is 5.96 Å². The van der Waals surface area contributed by atoms with E-state index in [4.69, 9.17) is 10.00 Å². The number of nitrogens with zero attached hydrogens (tertiary/aromatic N) is 2. The summed E-state index contributed by atoms with van der Waals surface area (Å²) in [5.41, 5.74) is 1.99. The van der Waals surface area contributed by atoms with Crippen molar-refractivity contribution in [3.05, 3.63) is 59.2 Å². The number of nitriles is 1. The summed E-state index contributed by atoms with van der Waals surface area (Å²) in [7, 11) is 3.10. The molecule has 0 aliphatic carbocycles. The zero-order valence-corrected chi connectivity index (χ0v) is 15.0. The summed E-state index contributed by atoms with van der Waals surface area (Å²) in [4.78, 5) is 4.10. The van der Waals surface area contributed by atoms with Gasteiger partial charge in [-0.05, 0) is 35.9 Å². The van der Waals surface area contributed by atoms with Crippen LogP contribution in [0.2, 0.25) is 0 Å². The Morgan fingerprint density at radius 2 is 1.96 bits per heavy atom. The van der Waals surface area contributed by atoms with Crippen molar-refractivity contribution in [3.8, 4) is 17.6 Å². The fourth-order valence-corrected chi connectivity index (χ4v) is 2.37. The van der Waals surface area contributed by atoms with Crippen molar-refractivity contribution in [2.75, 3.05) is 14.2 Å². The number of ether oxygens (including phenoxy) is 2. The first-order chi connectivity index (χ1) is 13.0. The van der Waals surface area contributed by atoms with Crippen LogP contribution in [-0.2, 0) is 13.1 Å². The highest BCUT2D eigenvalue weighted by Crippen LogP contribution is 2.25. The predicted octanol–water partition coefficient (Wildman–Crippen LogP) is 3.03. The second-order valence-corrected chi connectivity index (χ2v) is 5.44. The molecule has 0 saturated carbocycles. The summed E-state index contributed by atoms with van der Waals surface area (Å²) in [6.45, 7) is -2.26. The highest BCUT2D eigenvalue weighted by Gasteiger charge is 2.11. The van der Waals surface area contributed by atoms with Crippen LogP contribution in [0.4, 0.5) is 8.78 Å². The molecule has 2 aromatic carbocycles. The maximum atomic E-state index is 12.6. The van der Waals surface area contributed by atoms with Crippen LogP contribution in [0.5, 0.6) is 11.5 Å². The third kappa shape index (κ3) is 6.15. The fourth-order valence-electron chi connectivity index (χ4n) is 2.37. The summed E-state index contributed by atoms with van der Waals surface area (Å²) in [5, 5.41) is 15.1. The minimum atomic E-state index is -2.91. The van der Waals surface area contributed by atoms with Crippen LogP contribution in [0.15, 0.2) is 47.5 Å². The van der Waals surface area contributed by atoms with E-state index in [-0.39, 0.29) is 12.3 Å². The third-order valence-electron chi connectivity index (χ3n) is 3.67. The van der Waals surface area contributed by atoms with Crippen molar-refractivity contribution in [1.82, 2.24) is 10.6 Å². The Labute approximate surface area is 156 Å². The molecule has 0 fully saturated rings. The Kier molecular flexibility index (Phi) is 7.37. The summed E-state index contributed by atoms with van der Waals surface area (Å²) in [6.07, 6.45) is 0. The molecule has 2 rings (SSSR count). The van der Waals surface area contributed by atoms with Gasteiger partial charge in [0.1, 0.15) is 11.5 Å². The fraction of sp³-hybridized carbons (Fsp3) is 0.263. The van der Waals surface area contributed by atoms with Gasteiger partial charge in [0, 0.05) is 25.7 Å². The van der Waals surface area contributed by atoms with Gasteiger partial charge in [0.25, 0.3) is 0 Å². The van der Waals surface area contributed by atoms with Crippen LogP contribution in [0.25, 0.3) is 0 Å². The van der Waals surface area contributed by atoms with E-state index in [0.29, 0.717) is 29.4 Å². The van der Waals surface area contributed by atoms with Crippen molar-refractivity contribution < 1.29 is 18.3 Å². The normalized spacial score (nSPS) is 11.0. The Morgan fingerprint density at radius 3 is 2.63 bits per heavy atom. The van der Waals surface area contributed by atoms with E-state index in [0.717, 1.165) is 5.56 Å². The number of guanidine groups is 1. The number of halogens is 2. The Hall–Kier alpha value is -3.34. The summed E-state index contributed by atoms with van der Waals surface area (Å²) >= 11 is 0. The van der Waals surface area contributed by atoms with Gasteiger partial charge in [-0.2, -0.15) is 14.0 Å². The summed E-state index contributed by atoms with van der Waals surface area (Å²) in [5.74, 6) is 1.07. The number of nitrogens with one attached hydrogen (secondary N) is 2. The van der Waals surface area contributed by atoms with Gasteiger partial charge >= 0.3 is 6.61 Å². The first-order valence-electron chi connectivity index (χ1n) is 8.11. The van der Waals surface area contributed by atoms with Crippen LogP contribution in [0, 0.1) is 11.3 Å². The molecule has 8 heteroatoms. The van der Waals surface area contributed by atoms with Crippen molar-refractivity contribution in [3.63, 3.8) is 0 Å². The van der Waals surface area contributed by atoms with E-state index >= 15 is 0 Å². The molecule has 2 N–H and O–H groups in total. The molecule has 0 radical (unpaired) electrons. The minimum Gasteiger partial charge on any atom is -0.497 e. The molecule has 142 valence electrons. The van der Waals surface area contributed by atoms with Gasteiger partial charge in [0.2, 0.25) is 0 Å². The van der Waals surface area contributed by atoms with E-state index in [1.54, 1.807) is 37.4 Å². The lowest BCUT2D eigenvalue weighted by atomic mass is 10.1. The van der Waals surface area contributed by atoms with E-state index in [1.165, 1.54) is 13.2 Å². The molecule has 0 atom stereocenters. The molecule has 0 aromatic heterocycles. The van der Waals surface area contributed by atoms with Crippen LogP contribution in [0.1, 0.15) is 16.7 Å². The molecule has 0 aliphatic rings. The zero-order chi connectivity index (χ0) is 19.6. The summed E-state index contributed by atoms with van der Waals surface area (Å²) in [6, 6.07) is 13.9. The minimum absolute atomic E-state index is 0.0653. The lowest BCUT2D eigenvalue weighted by molar-refractivity contribution is -0.0504. The maximum absolute atomic E-state index is 12.6. The molecule has 0 amide bonds. The standard InChI is InChI=1S/C19H20F2N4O2/c1-23-19(24-11-14-5-3-4-13(8-14)10-22)25-12-15-9-16(26-2)6-7-17(15)27-18(20)21/h3-9,18H,11-12H2,1-2H3,(H2,23,24,25). The summed E-state index contributed by atoms with van der Waals surface area (Å²) < 4.78 is 34.8. The molecule has 2 aromatic rings. The van der Waals surface area contributed by atoms with Gasteiger partial charge in [-0.15, -0.1) is 0 Å². The number of hydrogen-bond donors (Lipinski definition) is 2. The van der Waals surface area contributed by atoms with E-state index in [9.17, 15) is 8.78 Å². The van der Waals surface area contributed by atoms with Crippen molar-refractivity contribution in [2.45, 2.75) is 19.7 Å². The molecule has 0 heterocycles. The first-order valence-corrected chi connectivity index (χ1v) is 8.11. The quantitative estimate of drug-likeness (QED) is 0.575. The lowest BCUT2D eigenvalue weighted by Crippen LogP contribution is -2.36. The highest BCUT2D eigenvalue weighted by atomic mass is 19.3. The van der Waals surface area contributed by atoms with Gasteiger partial charge < -0.3 is 20.1 Å². The number of benzene rings is 2. The molecule has 0 aliphatic heterocycles. The first kappa shape index (κ1) is 20.0. The van der Waals surface area contributed by atoms with E-state index in [2.05, 4.69) is 26.4 Å². The van der Waals surface area contributed by atoms with Crippen molar-refractivity contribution >= 4 is 5.96 Å². The molecule has 0 spiro atoms. The molecule has 0 bridgehead atoms. The topological polar surface area (TPSA) is 78.7 Å². The molecular formula is C19H20F2N4O2. The molecule has 27 heavy (non-hydrogen) atoms. The van der Waals surface area contributed by atoms with Crippen LogP contribution in [-0.4, -0.2) is 26.7 Å². The van der Waals surface area contributed by atoms with Gasteiger partial charge in [-0.1, -0.05) is 12.1 Å². The number of methoxy groups -OCH3 is 1. The van der Waals surface area contributed by atoms with Crippen LogP contribution in [0.3, 0.4) is 0 Å². The maximum Gasteiger partial charge on any atom is 0.387 e. The second-order valence-electron chi connectivity index (χ2n) is 5.44. The number of alkyl halides is 2. The number of hydrogen-bond acceptors (Lipinski definition) is 4. The lowest BCUT2D eigenvalue weighted by Gasteiger charge is -2.15. The predicted molar refractivity (Wildman–Crippen MR) is 97.8 cm³/mol. The average molecular weight is 374 g/mol. The molecule has 0 saturated heterocycles. The second kappa shape index (κ2) is 9.97. The van der Waals surface area contributed by atoms with Gasteiger partial charge in [-0.3, -0.25) is 4.99 Å². The van der Waals surface area contributed by atoms with Crippen molar-refractivity contribution in [2.24, 2.45) is 4.99 Å². The molecule has 0 unspecified atom stereocenters. The average Bonchev–Trinajstić information content (AvgIpc) is 2.68. The smallest absolute Gasteiger partial charge is 0.387 e. The highest BCUT2D eigenvalue weighted by molar-refractivity contribution is 5.79. The van der Waals surface area contributed by atoms with Gasteiger partial charge in [-0.25, -0.2) is 0 Å². The largest absolute Gasteiger partial charge is 0.497 e. The van der Waals surface area contributed by atoms with E-state index < -0.39 is 6.61 Å². The Morgan fingerprint density at radius 1 is 1.19 bits per heavy atom. The number of aliphatic imine (C=N–C) groups is 1. The van der Waals surface area contributed by atoms with Crippen LogP contribution < -0.4 is 20.1 Å². The third-order valence-corrected chi connectivity index (χ3v) is 3.67.